The maximum Gasteiger partial charge on any atom is 0.197 e. The number of alkyl halides is 1. The highest BCUT2D eigenvalue weighted by Gasteiger charge is 2.29. The van der Waals surface area contributed by atoms with E-state index < -0.39 is 12.0 Å². The first-order chi connectivity index (χ1) is 15.0. The van der Waals surface area contributed by atoms with Crippen LogP contribution in [0.5, 0.6) is 0 Å². The number of carbonyl (C=O) groups is 1. The molecular formula is C25H35FN4O. The van der Waals surface area contributed by atoms with E-state index in [0.29, 0.717) is 5.56 Å². The number of benzene rings is 2. The molecule has 1 aliphatic heterocycles. The number of hydrogen-bond acceptors (Lipinski definition) is 5. The first-order valence-electron chi connectivity index (χ1n) is 11.2. The van der Waals surface area contributed by atoms with Crippen molar-refractivity contribution in [2.75, 3.05) is 58.3 Å². The lowest BCUT2D eigenvalue weighted by atomic mass is 10.0. The second-order valence-corrected chi connectivity index (χ2v) is 8.42. The van der Waals surface area contributed by atoms with Crippen LogP contribution in [0.15, 0.2) is 60.7 Å². The molecule has 2 aromatic rings. The zero-order valence-electron chi connectivity index (χ0n) is 18.7. The molecule has 1 N–H and O–H groups in total. The number of rotatable bonds is 11. The molecule has 0 aliphatic carbocycles. The molecule has 1 heterocycles. The SMILES string of the molecule is CN(C)CCCNC(CC(F)C(=O)c1ccccc1)N1CCN(c2ccccc2)CC1. The molecule has 0 amide bonds. The summed E-state index contributed by atoms with van der Waals surface area (Å²) < 4.78 is 15.0. The Morgan fingerprint density at radius 3 is 2.23 bits per heavy atom. The minimum atomic E-state index is -1.51. The number of piperazine rings is 1. The molecule has 2 atom stereocenters. The molecular weight excluding hydrogens is 391 g/mol. The van der Waals surface area contributed by atoms with Crippen molar-refractivity contribution in [2.24, 2.45) is 0 Å². The van der Waals surface area contributed by atoms with E-state index >= 15 is 4.39 Å². The molecule has 2 aromatic carbocycles. The number of ketones is 1. The van der Waals surface area contributed by atoms with Gasteiger partial charge in [0, 0.05) is 43.9 Å². The third-order valence-corrected chi connectivity index (χ3v) is 5.81. The average molecular weight is 427 g/mol. The second-order valence-electron chi connectivity index (χ2n) is 8.42. The molecule has 168 valence electrons. The Morgan fingerprint density at radius 1 is 1.00 bits per heavy atom. The zero-order valence-corrected chi connectivity index (χ0v) is 18.7. The summed E-state index contributed by atoms with van der Waals surface area (Å²) in [5, 5.41) is 3.53. The number of hydrogen-bond donors (Lipinski definition) is 1. The lowest BCUT2D eigenvalue weighted by molar-refractivity contribution is 0.0766. The highest BCUT2D eigenvalue weighted by molar-refractivity contribution is 5.99. The Balaban J connectivity index is 1.60. The van der Waals surface area contributed by atoms with Crippen molar-refractivity contribution < 1.29 is 9.18 Å². The maximum atomic E-state index is 15.0. The first-order valence-corrected chi connectivity index (χ1v) is 11.2. The molecule has 3 rings (SSSR count). The van der Waals surface area contributed by atoms with Crippen LogP contribution in [0.4, 0.5) is 10.1 Å². The molecule has 0 bridgehead atoms. The van der Waals surface area contributed by atoms with Gasteiger partial charge in [-0.2, -0.15) is 0 Å². The number of Topliss-reactive ketones (excluding diaryl/α,β-unsaturated/α-hetero) is 1. The Labute approximate surface area is 185 Å². The molecule has 1 saturated heterocycles. The van der Waals surface area contributed by atoms with Gasteiger partial charge >= 0.3 is 0 Å². The van der Waals surface area contributed by atoms with Gasteiger partial charge in [0.1, 0.15) is 0 Å². The van der Waals surface area contributed by atoms with Gasteiger partial charge in [-0.1, -0.05) is 48.5 Å². The molecule has 0 radical (unpaired) electrons. The fraction of sp³-hybridized carbons (Fsp3) is 0.480. The minimum Gasteiger partial charge on any atom is -0.369 e. The fourth-order valence-corrected chi connectivity index (χ4v) is 4.04. The summed E-state index contributed by atoms with van der Waals surface area (Å²) in [5.41, 5.74) is 1.66. The summed E-state index contributed by atoms with van der Waals surface area (Å²) in [5.74, 6) is -0.427. The highest BCUT2D eigenvalue weighted by atomic mass is 19.1. The van der Waals surface area contributed by atoms with Crippen LogP contribution < -0.4 is 10.2 Å². The van der Waals surface area contributed by atoms with E-state index in [2.05, 4.69) is 58.4 Å². The summed E-state index contributed by atoms with van der Waals surface area (Å²) >= 11 is 0. The number of nitrogens with zero attached hydrogens (tertiary/aromatic N) is 3. The molecule has 5 nitrogen and oxygen atoms in total. The van der Waals surface area contributed by atoms with Gasteiger partial charge in [0.2, 0.25) is 0 Å². The molecule has 2 unspecified atom stereocenters. The summed E-state index contributed by atoms with van der Waals surface area (Å²) in [7, 11) is 4.10. The largest absolute Gasteiger partial charge is 0.369 e. The minimum absolute atomic E-state index is 0.150. The highest BCUT2D eigenvalue weighted by Crippen LogP contribution is 2.19. The van der Waals surface area contributed by atoms with E-state index in [4.69, 9.17) is 0 Å². The van der Waals surface area contributed by atoms with Crippen molar-refractivity contribution in [3.8, 4) is 0 Å². The van der Waals surface area contributed by atoms with E-state index in [1.807, 2.05) is 12.1 Å². The van der Waals surface area contributed by atoms with E-state index in [0.717, 1.165) is 45.7 Å². The number of carbonyl (C=O) groups excluding carboxylic acids is 1. The zero-order chi connectivity index (χ0) is 22.1. The topological polar surface area (TPSA) is 38.8 Å². The van der Waals surface area contributed by atoms with E-state index in [9.17, 15) is 4.79 Å². The Hall–Kier alpha value is -2.28. The van der Waals surface area contributed by atoms with Crippen molar-refractivity contribution in [2.45, 2.75) is 25.2 Å². The molecule has 0 saturated carbocycles. The van der Waals surface area contributed by atoms with Crippen LogP contribution in [-0.4, -0.2) is 81.3 Å². The molecule has 6 heteroatoms. The lowest BCUT2D eigenvalue weighted by Crippen LogP contribution is -2.56. The number of nitrogens with one attached hydrogen (secondary N) is 1. The smallest absolute Gasteiger partial charge is 0.197 e. The van der Waals surface area contributed by atoms with Crippen LogP contribution in [-0.2, 0) is 0 Å². The fourth-order valence-electron chi connectivity index (χ4n) is 4.04. The quantitative estimate of drug-likeness (QED) is 0.441. The van der Waals surface area contributed by atoms with Gasteiger partial charge in [-0.3, -0.25) is 9.69 Å². The standard InChI is InChI=1S/C25H35FN4O/c1-28(2)15-9-14-27-24(20-23(26)25(31)21-10-5-3-6-11-21)30-18-16-29(17-19-30)22-12-7-4-8-13-22/h3-8,10-13,23-24,27H,9,14-20H2,1-2H3. The third-order valence-electron chi connectivity index (χ3n) is 5.81. The van der Waals surface area contributed by atoms with Gasteiger partial charge in [-0.25, -0.2) is 4.39 Å². The Bertz CT molecular complexity index is 779. The summed E-state index contributed by atoms with van der Waals surface area (Å²) in [4.78, 5) is 19.4. The van der Waals surface area contributed by atoms with Crippen LogP contribution in [0.3, 0.4) is 0 Å². The summed E-state index contributed by atoms with van der Waals surface area (Å²) in [6, 6.07) is 19.2. The van der Waals surface area contributed by atoms with Gasteiger partial charge in [-0.15, -0.1) is 0 Å². The van der Waals surface area contributed by atoms with Crippen molar-refractivity contribution in [1.82, 2.24) is 15.1 Å². The number of para-hydroxylation sites is 1. The summed E-state index contributed by atoms with van der Waals surface area (Å²) in [6.07, 6.45) is -0.512. The van der Waals surface area contributed by atoms with Crippen LogP contribution in [0.25, 0.3) is 0 Å². The van der Waals surface area contributed by atoms with Crippen molar-refractivity contribution in [3.05, 3.63) is 66.2 Å². The van der Waals surface area contributed by atoms with Crippen molar-refractivity contribution >= 4 is 11.5 Å². The number of halogens is 1. The van der Waals surface area contributed by atoms with Crippen LogP contribution in [0, 0.1) is 0 Å². The first kappa shape index (κ1) is 23.4. The Morgan fingerprint density at radius 2 is 1.61 bits per heavy atom. The van der Waals surface area contributed by atoms with E-state index in [1.165, 1.54) is 5.69 Å². The van der Waals surface area contributed by atoms with E-state index in [1.54, 1.807) is 24.3 Å². The van der Waals surface area contributed by atoms with Crippen molar-refractivity contribution in [1.29, 1.82) is 0 Å². The van der Waals surface area contributed by atoms with Gasteiger partial charge in [0.05, 0.1) is 6.17 Å². The van der Waals surface area contributed by atoms with Crippen LogP contribution in [0.1, 0.15) is 23.2 Å². The monoisotopic (exact) mass is 426 g/mol. The van der Waals surface area contributed by atoms with Crippen LogP contribution in [0.2, 0.25) is 0 Å². The van der Waals surface area contributed by atoms with Gasteiger partial charge in [0.25, 0.3) is 0 Å². The molecule has 1 fully saturated rings. The Kier molecular flexibility index (Phi) is 9.00. The molecule has 1 aliphatic rings. The van der Waals surface area contributed by atoms with Crippen molar-refractivity contribution in [3.63, 3.8) is 0 Å². The van der Waals surface area contributed by atoms with Gasteiger partial charge < -0.3 is 15.1 Å². The van der Waals surface area contributed by atoms with Gasteiger partial charge in [0.15, 0.2) is 12.0 Å². The normalized spacial score (nSPS) is 17.0. The van der Waals surface area contributed by atoms with Gasteiger partial charge in [-0.05, 0) is 45.7 Å². The molecule has 0 aromatic heterocycles. The average Bonchev–Trinajstić information content (AvgIpc) is 2.81. The molecule has 0 spiro atoms. The van der Waals surface area contributed by atoms with E-state index in [-0.39, 0.29) is 12.6 Å². The number of anilines is 1. The summed E-state index contributed by atoms with van der Waals surface area (Å²) in [6.45, 7) is 5.24. The third kappa shape index (κ3) is 7.13. The predicted octanol–water partition coefficient (Wildman–Crippen LogP) is 3.29. The lowest BCUT2D eigenvalue weighted by Gasteiger charge is -2.41. The predicted molar refractivity (Wildman–Crippen MR) is 125 cm³/mol. The van der Waals surface area contributed by atoms with Crippen LogP contribution >= 0.6 is 0 Å². The molecule has 31 heavy (non-hydrogen) atoms. The maximum absolute atomic E-state index is 15.0. The second kappa shape index (κ2) is 11.9.